The zero-order valence-corrected chi connectivity index (χ0v) is 16.4. The summed E-state index contributed by atoms with van der Waals surface area (Å²) in [7, 11) is 0. The number of furan rings is 1. The number of aromatic hydroxyl groups is 1. The van der Waals surface area contributed by atoms with Gasteiger partial charge in [-0.3, -0.25) is 4.79 Å². The molecule has 7 heteroatoms. The van der Waals surface area contributed by atoms with Gasteiger partial charge in [-0.15, -0.1) is 0 Å². The van der Waals surface area contributed by atoms with Crippen molar-refractivity contribution in [1.82, 2.24) is 5.43 Å². The van der Waals surface area contributed by atoms with Crippen LogP contribution in [-0.2, 0) is 0 Å². The van der Waals surface area contributed by atoms with Crippen LogP contribution < -0.4 is 5.43 Å². The molecule has 0 spiro atoms. The number of benzene rings is 3. The summed E-state index contributed by atoms with van der Waals surface area (Å²) >= 11 is 12.1. The van der Waals surface area contributed by atoms with E-state index in [0.29, 0.717) is 27.1 Å². The number of phenols is 1. The van der Waals surface area contributed by atoms with Crippen molar-refractivity contribution >= 4 is 46.1 Å². The Balaban J connectivity index is 1.49. The standard InChI is InChI=1S/C22H14Cl2N2O3/c23-15-5-7-17(19(24)11-15)21-8-6-16(29-21)12-25-26-22(28)18-9-13-3-1-2-4-14(13)10-20(18)27/h1-12,27H,(H,26,28)/b25-12+. The van der Waals surface area contributed by atoms with Crippen molar-refractivity contribution in [3.05, 3.63) is 88.1 Å². The average Bonchev–Trinajstić information content (AvgIpc) is 3.16. The Hall–Kier alpha value is -3.28. The summed E-state index contributed by atoms with van der Waals surface area (Å²) in [5.74, 6) is 0.326. The second-order valence-electron chi connectivity index (χ2n) is 6.24. The summed E-state index contributed by atoms with van der Waals surface area (Å²) in [6.45, 7) is 0. The van der Waals surface area contributed by atoms with Gasteiger partial charge in [0.25, 0.3) is 5.91 Å². The SMILES string of the molecule is O=C(N/N=C/c1ccc(-c2ccc(Cl)cc2Cl)o1)c1cc2ccccc2cc1O. The van der Waals surface area contributed by atoms with Crippen molar-refractivity contribution in [2.24, 2.45) is 5.10 Å². The molecule has 1 amide bonds. The molecule has 1 aromatic heterocycles. The summed E-state index contributed by atoms with van der Waals surface area (Å²) in [4.78, 5) is 12.4. The Labute approximate surface area is 176 Å². The maximum absolute atomic E-state index is 12.4. The van der Waals surface area contributed by atoms with Crippen LogP contribution in [0.3, 0.4) is 0 Å². The van der Waals surface area contributed by atoms with Gasteiger partial charge in [0, 0.05) is 10.6 Å². The lowest BCUT2D eigenvalue weighted by Crippen LogP contribution is -2.17. The first-order valence-corrected chi connectivity index (χ1v) is 9.37. The van der Waals surface area contributed by atoms with E-state index in [1.165, 1.54) is 6.21 Å². The molecule has 0 atom stereocenters. The molecule has 5 nitrogen and oxygen atoms in total. The van der Waals surface area contributed by atoms with E-state index in [-0.39, 0.29) is 11.3 Å². The third-order valence-electron chi connectivity index (χ3n) is 4.29. The molecule has 0 fully saturated rings. The smallest absolute Gasteiger partial charge is 0.275 e. The molecule has 29 heavy (non-hydrogen) atoms. The lowest BCUT2D eigenvalue weighted by Gasteiger charge is -2.05. The predicted octanol–water partition coefficient (Wildman–Crippen LogP) is 5.88. The van der Waals surface area contributed by atoms with Gasteiger partial charge >= 0.3 is 0 Å². The highest BCUT2D eigenvalue weighted by molar-refractivity contribution is 6.36. The van der Waals surface area contributed by atoms with Crippen LogP contribution in [0, 0.1) is 0 Å². The highest BCUT2D eigenvalue weighted by atomic mass is 35.5. The van der Waals surface area contributed by atoms with Crippen LogP contribution in [0.2, 0.25) is 10.0 Å². The number of rotatable bonds is 4. The normalized spacial score (nSPS) is 11.2. The van der Waals surface area contributed by atoms with E-state index in [4.69, 9.17) is 27.6 Å². The molecule has 144 valence electrons. The number of carbonyl (C=O) groups excluding carboxylic acids is 1. The molecular formula is C22H14Cl2N2O3. The van der Waals surface area contributed by atoms with E-state index in [1.807, 2.05) is 24.3 Å². The van der Waals surface area contributed by atoms with Gasteiger partial charge in [0.05, 0.1) is 16.8 Å². The second kappa shape index (κ2) is 7.99. The maximum Gasteiger partial charge on any atom is 0.275 e. The van der Waals surface area contributed by atoms with Gasteiger partial charge in [-0.1, -0.05) is 47.5 Å². The molecule has 4 rings (SSSR count). The van der Waals surface area contributed by atoms with Crippen LogP contribution in [0.4, 0.5) is 0 Å². The van der Waals surface area contributed by atoms with Crippen LogP contribution in [0.25, 0.3) is 22.1 Å². The quantitative estimate of drug-likeness (QED) is 0.317. The van der Waals surface area contributed by atoms with E-state index in [2.05, 4.69) is 10.5 Å². The summed E-state index contributed by atoms with van der Waals surface area (Å²) in [5, 5.41) is 16.7. The Morgan fingerprint density at radius 1 is 1.00 bits per heavy atom. The van der Waals surface area contributed by atoms with Gasteiger partial charge in [0.15, 0.2) is 0 Å². The molecule has 1 heterocycles. The lowest BCUT2D eigenvalue weighted by molar-refractivity contribution is 0.0952. The summed E-state index contributed by atoms with van der Waals surface area (Å²) in [6, 6.07) is 19.1. The monoisotopic (exact) mass is 424 g/mol. The van der Waals surface area contributed by atoms with E-state index in [9.17, 15) is 9.90 Å². The molecule has 0 aliphatic carbocycles. The Morgan fingerprint density at radius 3 is 2.52 bits per heavy atom. The number of carbonyl (C=O) groups is 1. The van der Waals surface area contributed by atoms with Crippen molar-refractivity contribution in [2.45, 2.75) is 0 Å². The van der Waals surface area contributed by atoms with E-state index >= 15 is 0 Å². The van der Waals surface area contributed by atoms with Crippen LogP contribution in [0.1, 0.15) is 16.1 Å². The molecule has 4 aromatic rings. The van der Waals surface area contributed by atoms with E-state index in [0.717, 1.165) is 10.8 Å². The molecule has 0 saturated carbocycles. The molecule has 0 radical (unpaired) electrons. The van der Waals surface area contributed by atoms with E-state index in [1.54, 1.807) is 42.5 Å². The third-order valence-corrected chi connectivity index (χ3v) is 4.84. The van der Waals surface area contributed by atoms with E-state index < -0.39 is 5.91 Å². The highest BCUT2D eigenvalue weighted by Crippen LogP contribution is 2.31. The fourth-order valence-corrected chi connectivity index (χ4v) is 3.38. The summed E-state index contributed by atoms with van der Waals surface area (Å²) < 4.78 is 5.68. The van der Waals surface area contributed by atoms with Crippen LogP contribution in [0.15, 0.2) is 76.2 Å². The molecule has 0 saturated heterocycles. The second-order valence-corrected chi connectivity index (χ2v) is 7.09. The van der Waals surface area contributed by atoms with Gasteiger partial charge in [0.2, 0.25) is 0 Å². The average molecular weight is 425 g/mol. The predicted molar refractivity (Wildman–Crippen MR) is 115 cm³/mol. The minimum absolute atomic E-state index is 0.117. The number of phenolic OH excluding ortho intramolecular Hbond substituents is 1. The minimum atomic E-state index is -0.531. The van der Waals surface area contributed by atoms with Crippen molar-refractivity contribution in [2.75, 3.05) is 0 Å². The molecule has 0 bridgehead atoms. The number of amides is 1. The number of hydrogen-bond acceptors (Lipinski definition) is 4. The number of nitrogens with zero attached hydrogens (tertiary/aromatic N) is 1. The number of nitrogens with one attached hydrogen (secondary N) is 1. The molecule has 0 aliphatic heterocycles. The third kappa shape index (κ3) is 4.11. The molecule has 3 aromatic carbocycles. The molecule has 0 aliphatic rings. The number of hydrazone groups is 1. The van der Waals surface area contributed by atoms with Crippen molar-refractivity contribution < 1.29 is 14.3 Å². The first-order valence-electron chi connectivity index (χ1n) is 8.62. The van der Waals surface area contributed by atoms with Gasteiger partial charge in [0.1, 0.15) is 17.3 Å². The van der Waals surface area contributed by atoms with Crippen molar-refractivity contribution in [3.8, 4) is 17.1 Å². The fourth-order valence-electron chi connectivity index (χ4n) is 2.88. The minimum Gasteiger partial charge on any atom is -0.507 e. The van der Waals surface area contributed by atoms with Gasteiger partial charge in [-0.2, -0.15) is 5.10 Å². The topological polar surface area (TPSA) is 74.8 Å². The highest BCUT2D eigenvalue weighted by Gasteiger charge is 2.12. The zero-order chi connectivity index (χ0) is 20.4. The Morgan fingerprint density at radius 2 is 1.76 bits per heavy atom. The number of halogens is 2. The number of hydrogen-bond donors (Lipinski definition) is 2. The van der Waals surface area contributed by atoms with Crippen LogP contribution in [-0.4, -0.2) is 17.2 Å². The van der Waals surface area contributed by atoms with Gasteiger partial charge in [-0.25, -0.2) is 5.43 Å². The number of fused-ring (bicyclic) bond motifs is 1. The zero-order valence-electron chi connectivity index (χ0n) is 14.9. The summed E-state index contributed by atoms with van der Waals surface area (Å²) in [6.07, 6.45) is 1.36. The van der Waals surface area contributed by atoms with Gasteiger partial charge in [-0.05, 0) is 53.2 Å². The summed E-state index contributed by atoms with van der Waals surface area (Å²) in [5.41, 5.74) is 3.22. The largest absolute Gasteiger partial charge is 0.507 e. The molecule has 2 N–H and O–H groups in total. The van der Waals surface area contributed by atoms with Gasteiger partial charge < -0.3 is 9.52 Å². The lowest BCUT2D eigenvalue weighted by atomic mass is 10.1. The molecular weight excluding hydrogens is 411 g/mol. The molecule has 0 unspecified atom stereocenters. The van der Waals surface area contributed by atoms with Crippen LogP contribution in [0.5, 0.6) is 5.75 Å². The Bertz CT molecular complexity index is 1250. The Kier molecular flexibility index (Phi) is 5.25. The first-order chi connectivity index (χ1) is 14.0. The van der Waals surface area contributed by atoms with Crippen molar-refractivity contribution in [1.29, 1.82) is 0 Å². The van der Waals surface area contributed by atoms with Crippen LogP contribution >= 0.6 is 23.2 Å². The fraction of sp³-hybridized carbons (Fsp3) is 0. The van der Waals surface area contributed by atoms with Crippen molar-refractivity contribution in [3.63, 3.8) is 0 Å². The maximum atomic E-state index is 12.4. The first kappa shape index (κ1) is 19.1.